The number of amides is 1. The summed E-state index contributed by atoms with van der Waals surface area (Å²) in [5.74, 6) is -1.74. The Morgan fingerprint density at radius 2 is 2.30 bits per heavy atom. The number of hydrogen-bond acceptors (Lipinski definition) is 5. The second-order valence-electron chi connectivity index (χ2n) is 4.57. The highest BCUT2D eigenvalue weighted by Crippen LogP contribution is 2.40. The summed E-state index contributed by atoms with van der Waals surface area (Å²) in [5.41, 5.74) is 3.69. The summed E-state index contributed by atoms with van der Waals surface area (Å²) < 4.78 is 0.526. The minimum atomic E-state index is -1.63. The molecule has 0 radical (unpaired) electrons. The van der Waals surface area contributed by atoms with Crippen LogP contribution in [0.25, 0.3) is 0 Å². The van der Waals surface area contributed by atoms with E-state index >= 15 is 0 Å². The predicted molar refractivity (Wildman–Crippen MR) is 75.3 cm³/mol. The van der Waals surface area contributed by atoms with Gasteiger partial charge in [0.25, 0.3) is 0 Å². The molecule has 1 saturated carbocycles. The molecule has 108 valence electrons. The van der Waals surface area contributed by atoms with Gasteiger partial charge in [-0.3, -0.25) is 9.59 Å². The van der Waals surface area contributed by atoms with Crippen LogP contribution in [0.2, 0.25) is 5.28 Å². The molecular formula is C11H12BrClN4O3. The summed E-state index contributed by atoms with van der Waals surface area (Å²) in [6.45, 7) is 0. The molecule has 0 spiro atoms. The predicted octanol–water partition coefficient (Wildman–Crippen LogP) is 1.41. The zero-order chi connectivity index (χ0) is 14.9. The summed E-state index contributed by atoms with van der Waals surface area (Å²) in [6.07, 6.45) is 2.73. The average molecular weight is 364 g/mol. The van der Waals surface area contributed by atoms with Crippen molar-refractivity contribution in [1.29, 1.82) is 0 Å². The Labute approximate surface area is 128 Å². The molecule has 9 heteroatoms. The molecule has 1 amide bonds. The number of hydrogen-bond donors (Lipinski definition) is 3. The van der Waals surface area contributed by atoms with E-state index in [0.717, 1.165) is 0 Å². The number of aliphatic carboxylic acids is 1. The molecule has 0 aromatic carbocycles. The zero-order valence-electron chi connectivity index (χ0n) is 10.3. The molecule has 1 heterocycles. The van der Waals surface area contributed by atoms with E-state index in [2.05, 4.69) is 31.2 Å². The molecule has 0 unspecified atom stereocenters. The van der Waals surface area contributed by atoms with Crippen molar-refractivity contribution < 1.29 is 14.7 Å². The topological polar surface area (TPSA) is 118 Å². The molecule has 20 heavy (non-hydrogen) atoms. The monoisotopic (exact) mass is 362 g/mol. The highest BCUT2D eigenvalue weighted by atomic mass is 79.9. The summed E-state index contributed by atoms with van der Waals surface area (Å²) in [7, 11) is 0. The lowest BCUT2D eigenvalue weighted by molar-refractivity contribution is -0.154. The smallest absolute Gasteiger partial charge is 0.321 e. The maximum atomic E-state index is 11.6. The first-order valence-corrected chi connectivity index (χ1v) is 7.03. The lowest BCUT2D eigenvalue weighted by Crippen LogP contribution is -2.52. The maximum absolute atomic E-state index is 11.6. The molecule has 1 aliphatic carbocycles. The van der Waals surface area contributed by atoms with Crippen molar-refractivity contribution >= 4 is 45.2 Å². The van der Waals surface area contributed by atoms with Crippen LogP contribution < -0.4 is 11.1 Å². The normalized spacial score (nSPS) is 25.4. The highest BCUT2D eigenvalue weighted by Gasteiger charge is 2.54. The highest BCUT2D eigenvalue weighted by molar-refractivity contribution is 9.10. The Bertz CT molecular complexity index is 555. The van der Waals surface area contributed by atoms with Crippen molar-refractivity contribution in [2.75, 3.05) is 5.32 Å². The van der Waals surface area contributed by atoms with Gasteiger partial charge in [-0.05, 0) is 46.8 Å². The van der Waals surface area contributed by atoms with Crippen molar-refractivity contribution in [3.63, 3.8) is 0 Å². The van der Waals surface area contributed by atoms with Crippen molar-refractivity contribution in [2.45, 2.75) is 25.3 Å². The Kier molecular flexibility index (Phi) is 4.14. The number of carbonyl (C=O) groups excluding carboxylic acids is 1. The second-order valence-corrected chi connectivity index (χ2v) is 5.76. The number of carbonyl (C=O) groups is 2. The molecule has 0 aliphatic heterocycles. The van der Waals surface area contributed by atoms with Gasteiger partial charge in [0.15, 0.2) is 5.41 Å². The Morgan fingerprint density at radius 3 is 2.90 bits per heavy atom. The van der Waals surface area contributed by atoms with E-state index in [1.165, 1.54) is 6.20 Å². The fourth-order valence-electron chi connectivity index (χ4n) is 2.47. The lowest BCUT2D eigenvalue weighted by atomic mass is 9.81. The van der Waals surface area contributed by atoms with Gasteiger partial charge in [0, 0.05) is 6.20 Å². The van der Waals surface area contributed by atoms with E-state index in [4.69, 9.17) is 17.3 Å². The Hall–Kier alpha value is -1.41. The van der Waals surface area contributed by atoms with Crippen LogP contribution in [-0.2, 0) is 9.59 Å². The van der Waals surface area contributed by atoms with Crippen LogP contribution in [0.3, 0.4) is 0 Å². The SMILES string of the molecule is NC(=O)[C@@]1(C(=O)O)CCC[C@H]1Nc1nc(Cl)ncc1Br. The fraction of sp³-hybridized carbons (Fsp3) is 0.455. The Balaban J connectivity index is 2.34. The standard InChI is InChI=1S/C11H12BrClN4O3/c12-5-4-15-10(13)17-7(5)16-6-2-1-3-11(6,8(14)18)9(19)20/h4,6H,1-3H2,(H2,14,18)(H,19,20)(H,15,16,17)/t6-,11-/m1/s1. The summed E-state index contributed by atoms with van der Waals surface area (Å²) in [4.78, 5) is 30.9. The van der Waals surface area contributed by atoms with E-state index in [1.807, 2.05) is 0 Å². The van der Waals surface area contributed by atoms with Gasteiger partial charge in [0.05, 0.1) is 10.5 Å². The van der Waals surface area contributed by atoms with Crippen LogP contribution >= 0.6 is 27.5 Å². The number of nitrogens with one attached hydrogen (secondary N) is 1. The van der Waals surface area contributed by atoms with Crippen LogP contribution in [0.5, 0.6) is 0 Å². The van der Waals surface area contributed by atoms with E-state index in [9.17, 15) is 14.7 Å². The van der Waals surface area contributed by atoms with E-state index < -0.39 is 23.3 Å². The summed E-state index contributed by atoms with van der Waals surface area (Å²) >= 11 is 8.95. The van der Waals surface area contributed by atoms with Gasteiger partial charge in [-0.25, -0.2) is 4.98 Å². The molecule has 0 bridgehead atoms. The third-order valence-electron chi connectivity index (χ3n) is 3.51. The molecule has 0 saturated heterocycles. The zero-order valence-corrected chi connectivity index (χ0v) is 12.6. The van der Waals surface area contributed by atoms with Crippen molar-refractivity contribution in [3.05, 3.63) is 16.0 Å². The largest absolute Gasteiger partial charge is 0.480 e. The third-order valence-corrected chi connectivity index (χ3v) is 4.27. The number of anilines is 1. The first kappa shape index (κ1) is 15.0. The van der Waals surface area contributed by atoms with Crippen molar-refractivity contribution in [3.8, 4) is 0 Å². The van der Waals surface area contributed by atoms with Gasteiger partial charge < -0.3 is 16.2 Å². The Morgan fingerprint density at radius 1 is 1.60 bits per heavy atom. The first-order valence-electron chi connectivity index (χ1n) is 5.86. The number of nitrogens with two attached hydrogens (primary N) is 1. The molecular weight excluding hydrogens is 352 g/mol. The van der Waals surface area contributed by atoms with Crippen LogP contribution in [0.1, 0.15) is 19.3 Å². The van der Waals surface area contributed by atoms with E-state index in [-0.39, 0.29) is 11.7 Å². The number of halogens is 2. The van der Waals surface area contributed by atoms with Crippen LogP contribution in [-0.4, -0.2) is 33.0 Å². The van der Waals surface area contributed by atoms with Gasteiger partial charge in [0.1, 0.15) is 5.82 Å². The summed E-state index contributed by atoms with van der Waals surface area (Å²) in [6, 6.07) is -0.639. The third kappa shape index (κ3) is 2.45. The molecule has 2 rings (SSSR count). The molecule has 1 aliphatic rings. The average Bonchev–Trinajstić information content (AvgIpc) is 2.78. The van der Waals surface area contributed by atoms with Crippen LogP contribution in [0.4, 0.5) is 5.82 Å². The van der Waals surface area contributed by atoms with Crippen molar-refractivity contribution in [1.82, 2.24) is 9.97 Å². The molecule has 7 nitrogen and oxygen atoms in total. The van der Waals surface area contributed by atoms with Gasteiger partial charge in [-0.15, -0.1) is 0 Å². The van der Waals surface area contributed by atoms with Crippen molar-refractivity contribution in [2.24, 2.45) is 11.1 Å². The van der Waals surface area contributed by atoms with E-state index in [1.54, 1.807) is 0 Å². The minimum absolute atomic E-state index is 0.0219. The number of rotatable bonds is 4. The first-order chi connectivity index (χ1) is 9.37. The van der Waals surface area contributed by atoms with E-state index in [0.29, 0.717) is 23.1 Å². The maximum Gasteiger partial charge on any atom is 0.321 e. The number of carboxylic acid groups (broad SMARTS) is 1. The van der Waals surface area contributed by atoms with Gasteiger partial charge in [-0.1, -0.05) is 0 Å². The molecule has 1 fully saturated rings. The quantitative estimate of drug-likeness (QED) is 0.550. The molecule has 4 N–H and O–H groups in total. The number of primary amides is 1. The van der Waals surface area contributed by atoms with Crippen LogP contribution in [0, 0.1) is 5.41 Å². The lowest BCUT2D eigenvalue weighted by Gasteiger charge is -2.29. The van der Waals surface area contributed by atoms with Crippen LogP contribution in [0.15, 0.2) is 10.7 Å². The van der Waals surface area contributed by atoms with Gasteiger partial charge >= 0.3 is 5.97 Å². The summed E-state index contributed by atoms with van der Waals surface area (Å²) in [5, 5.41) is 12.4. The fourth-order valence-corrected chi connectivity index (χ4v) is 2.91. The number of nitrogens with zero attached hydrogens (tertiary/aromatic N) is 2. The number of carboxylic acids is 1. The molecule has 1 aromatic rings. The second kappa shape index (κ2) is 5.53. The number of aromatic nitrogens is 2. The molecule has 2 atom stereocenters. The van der Waals surface area contributed by atoms with Gasteiger partial charge in [-0.2, -0.15) is 4.98 Å². The minimum Gasteiger partial charge on any atom is -0.480 e. The molecule has 1 aromatic heterocycles. The van der Waals surface area contributed by atoms with Gasteiger partial charge in [0.2, 0.25) is 11.2 Å².